The van der Waals surface area contributed by atoms with Gasteiger partial charge < -0.3 is 10.2 Å². The molecule has 0 radical (unpaired) electrons. The first-order valence-corrected chi connectivity index (χ1v) is 5.97. The molecule has 2 nitrogen and oxygen atoms in total. The van der Waals surface area contributed by atoms with Gasteiger partial charge in [0.1, 0.15) is 0 Å². The maximum absolute atomic E-state index is 3.38. The molecular weight excluding hydrogens is 172 g/mol. The van der Waals surface area contributed by atoms with E-state index >= 15 is 0 Å². The Labute approximate surface area is 89.1 Å². The maximum Gasteiger partial charge on any atom is 0.0158 e. The van der Waals surface area contributed by atoms with Crippen LogP contribution in [0.4, 0.5) is 0 Å². The van der Waals surface area contributed by atoms with Crippen LogP contribution in [-0.2, 0) is 0 Å². The average molecular weight is 198 g/mol. The summed E-state index contributed by atoms with van der Waals surface area (Å²) >= 11 is 0. The van der Waals surface area contributed by atoms with Gasteiger partial charge in [0.25, 0.3) is 0 Å². The lowest BCUT2D eigenvalue weighted by atomic mass is 9.62. The molecule has 0 aromatic carbocycles. The molecule has 0 aromatic rings. The summed E-state index contributed by atoms with van der Waals surface area (Å²) in [6.45, 7) is 3.48. The van der Waals surface area contributed by atoms with E-state index in [2.05, 4.69) is 38.3 Å². The molecule has 0 amide bonds. The predicted molar refractivity (Wildman–Crippen MR) is 62.6 cm³/mol. The minimum atomic E-state index is 0.578. The third-order valence-corrected chi connectivity index (χ3v) is 3.77. The molecule has 1 aliphatic carbocycles. The van der Waals surface area contributed by atoms with Crippen molar-refractivity contribution in [1.29, 1.82) is 0 Å². The Morgan fingerprint density at radius 2 is 2.00 bits per heavy atom. The Bertz CT molecular complexity index is 162. The lowest BCUT2D eigenvalue weighted by Gasteiger charge is -2.50. The summed E-state index contributed by atoms with van der Waals surface area (Å²) < 4.78 is 0. The number of nitrogens with one attached hydrogen (secondary N) is 1. The van der Waals surface area contributed by atoms with Gasteiger partial charge in [-0.3, -0.25) is 0 Å². The summed E-state index contributed by atoms with van der Waals surface area (Å²) in [5.74, 6) is 0. The Hall–Kier alpha value is -0.0800. The molecule has 0 aromatic heterocycles. The van der Waals surface area contributed by atoms with Gasteiger partial charge in [-0.05, 0) is 45.8 Å². The molecule has 1 saturated carbocycles. The standard InChI is InChI=1S/C12H26N2/c1-5-7-11(14(3)4)12(10-13-2)8-6-9-12/h11,13H,5-10H2,1-4H3. The van der Waals surface area contributed by atoms with E-state index in [0.717, 1.165) is 6.04 Å². The molecule has 1 unspecified atom stereocenters. The normalized spacial score (nSPS) is 22.1. The van der Waals surface area contributed by atoms with Crippen LogP contribution >= 0.6 is 0 Å². The summed E-state index contributed by atoms with van der Waals surface area (Å²) in [5, 5.41) is 3.38. The quantitative estimate of drug-likeness (QED) is 0.703. The Morgan fingerprint density at radius 1 is 1.36 bits per heavy atom. The Kier molecular flexibility index (Phi) is 4.39. The largest absolute Gasteiger partial charge is 0.319 e. The topological polar surface area (TPSA) is 15.3 Å². The van der Waals surface area contributed by atoms with Crippen LogP contribution in [0.1, 0.15) is 39.0 Å². The summed E-state index contributed by atoms with van der Waals surface area (Å²) in [7, 11) is 6.55. The molecule has 0 saturated heterocycles. The van der Waals surface area contributed by atoms with E-state index in [1.807, 2.05) is 0 Å². The van der Waals surface area contributed by atoms with E-state index in [9.17, 15) is 0 Å². The summed E-state index contributed by atoms with van der Waals surface area (Å²) in [4.78, 5) is 2.43. The third kappa shape index (κ3) is 2.29. The number of hydrogen-bond donors (Lipinski definition) is 1. The monoisotopic (exact) mass is 198 g/mol. The minimum Gasteiger partial charge on any atom is -0.319 e. The third-order valence-electron chi connectivity index (χ3n) is 3.77. The molecule has 0 heterocycles. The van der Waals surface area contributed by atoms with Crippen molar-refractivity contribution in [3.05, 3.63) is 0 Å². The van der Waals surface area contributed by atoms with Crippen molar-refractivity contribution >= 4 is 0 Å². The fourth-order valence-corrected chi connectivity index (χ4v) is 3.00. The van der Waals surface area contributed by atoms with Crippen LogP contribution in [-0.4, -0.2) is 38.6 Å². The van der Waals surface area contributed by atoms with Crippen molar-refractivity contribution < 1.29 is 0 Å². The van der Waals surface area contributed by atoms with Gasteiger partial charge in [0.15, 0.2) is 0 Å². The van der Waals surface area contributed by atoms with Crippen LogP contribution in [0.3, 0.4) is 0 Å². The van der Waals surface area contributed by atoms with Crippen molar-refractivity contribution in [3.8, 4) is 0 Å². The van der Waals surface area contributed by atoms with Crippen LogP contribution in [0.25, 0.3) is 0 Å². The van der Waals surface area contributed by atoms with Gasteiger partial charge in [-0.1, -0.05) is 19.8 Å². The van der Waals surface area contributed by atoms with Gasteiger partial charge in [0, 0.05) is 12.6 Å². The molecule has 1 rings (SSSR count). The van der Waals surface area contributed by atoms with E-state index in [-0.39, 0.29) is 0 Å². The van der Waals surface area contributed by atoms with Gasteiger partial charge in [0.2, 0.25) is 0 Å². The second-order valence-corrected chi connectivity index (χ2v) is 5.01. The van der Waals surface area contributed by atoms with Gasteiger partial charge >= 0.3 is 0 Å². The second kappa shape index (κ2) is 5.13. The predicted octanol–water partition coefficient (Wildman–Crippen LogP) is 2.11. The fourth-order valence-electron chi connectivity index (χ4n) is 3.00. The number of rotatable bonds is 6. The fraction of sp³-hybridized carbons (Fsp3) is 1.00. The van der Waals surface area contributed by atoms with Crippen molar-refractivity contribution in [2.24, 2.45) is 5.41 Å². The Balaban J connectivity index is 2.62. The van der Waals surface area contributed by atoms with E-state index in [1.165, 1.54) is 38.6 Å². The van der Waals surface area contributed by atoms with Crippen molar-refractivity contribution in [1.82, 2.24) is 10.2 Å². The molecule has 0 aliphatic heterocycles. The minimum absolute atomic E-state index is 0.578. The molecule has 84 valence electrons. The van der Waals surface area contributed by atoms with Gasteiger partial charge in [-0.25, -0.2) is 0 Å². The first kappa shape index (κ1) is 12.0. The van der Waals surface area contributed by atoms with Crippen molar-refractivity contribution in [2.45, 2.75) is 45.1 Å². The van der Waals surface area contributed by atoms with E-state index in [1.54, 1.807) is 0 Å². The molecule has 14 heavy (non-hydrogen) atoms. The zero-order valence-electron chi connectivity index (χ0n) is 10.3. The maximum atomic E-state index is 3.38. The molecule has 1 N–H and O–H groups in total. The first-order valence-electron chi connectivity index (χ1n) is 5.97. The van der Waals surface area contributed by atoms with Crippen molar-refractivity contribution in [2.75, 3.05) is 27.7 Å². The second-order valence-electron chi connectivity index (χ2n) is 5.01. The average Bonchev–Trinajstić information content (AvgIpc) is 2.08. The van der Waals surface area contributed by atoms with E-state index < -0.39 is 0 Å². The highest BCUT2D eigenvalue weighted by atomic mass is 15.1. The zero-order valence-corrected chi connectivity index (χ0v) is 10.3. The Morgan fingerprint density at radius 3 is 2.29 bits per heavy atom. The van der Waals surface area contributed by atoms with Crippen LogP contribution in [0.15, 0.2) is 0 Å². The van der Waals surface area contributed by atoms with Crippen LogP contribution in [0.5, 0.6) is 0 Å². The number of nitrogens with zero attached hydrogens (tertiary/aromatic N) is 1. The lowest BCUT2D eigenvalue weighted by Crippen LogP contribution is -2.53. The summed E-state index contributed by atoms with van der Waals surface area (Å²) in [5.41, 5.74) is 0.578. The van der Waals surface area contributed by atoms with E-state index in [0.29, 0.717) is 5.41 Å². The molecule has 1 fully saturated rings. The molecular formula is C12H26N2. The highest BCUT2D eigenvalue weighted by molar-refractivity contribution is 4.98. The van der Waals surface area contributed by atoms with E-state index in [4.69, 9.17) is 0 Å². The smallest absolute Gasteiger partial charge is 0.0158 e. The summed E-state index contributed by atoms with van der Waals surface area (Å²) in [6.07, 6.45) is 6.89. The van der Waals surface area contributed by atoms with Gasteiger partial charge in [-0.15, -0.1) is 0 Å². The molecule has 1 atom stereocenters. The molecule has 1 aliphatic rings. The van der Waals surface area contributed by atoms with Crippen LogP contribution in [0, 0.1) is 5.41 Å². The van der Waals surface area contributed by atoms with Gasteiger partial charge in [-0.2, -0.15) is 0 Å². The van der Waals surface area contributed by atoms with Gasteiger partial charge in [0.05, 0.1) is 0 Å². The highest BCUT2D eigenvalue weighted by Gasteiger charge is 2.43. The molecule has 0 bridgehead atoms. The zero-order chi connectivity index (χ0) is 10.6. The highest BCUT2D eigenvalue weighted by Crippen LogP contribution is 2.46. The van der Waals surface area contributed by atoms with Crippen LogP contribution in [0.2, 0.25) is 0 Å². The van der Waals surface area contributed by atoms with Crippen LogP contribution < -0.4 is 5.32 Å². The summed E-state index contributed by atoms with van der Waals surface area (Å²) in [6, 6.07) is 0.772. The first-order chi connectivity index (χ1) is 6.66. The molecule has 2 heteroatoms. The molecule has 0 spiro atoms. The van der Waals surface area contributed by atoms with Crippen molar-refractivity contribution in [3.63, 3.8) is 0 Å². The number of hydrogen-bond acceptors (Lipinski definition) is 2. The lowest BCUT2D eigenvalue weighted by molar-refractivity contribution is 0.0178. The SMILES string of the molecule is CCCC(N(C)C)C1(CNC)CCC1.